The minimum absolute atomic E-state index is 0.883. The molecular weight excluding hydrogens is 328 g/mol. The lowest BCUT2D eigenvalue weighted by molar-refractivity contribution is 0.121. The largest absolute Gasteiger partial charge is 0.315 e. The fraction of sp³-hybridized carbons (Fsp3) is 0.840. The molecule has 0 amide bonds. The first kappa shape index (κ1) is 21.1. The summed E-state index contributed by atoms with van der Waals surface area (Å²) < 4.78 is 0. The van der Waals surface area contributed by atoms with Crippen LogP contribution in [0.15, 0.2) is 23.8 Å². The van der Waals surface area contributed by atoms with E-state index >= 15 is 0 Å². The van der Waals surface area contributed by atoms with Crippen LogP contribution < -0.4 is 5.32 Å². The summed E-state index contributed by atoms with van der Waals surface area (Å²) in [5.41, 5.74) is 1.66. The maximum absolute atomic E-state index is 3.75. The molecule has 1 N–H and O–H groups in total. The number of allylic oxidation sites excluding steroid dienone is 4. The fourth-order valence-corrected chi connectivity index (χ4v) is 5.38. The molecule has 0 saturated heterocycles. The molecule has 0 heterocycles. The van der Waals surface area contributed by atoms with E-state index in [2.05, 4.69) is 28.4 Å². The highest BCUT2D eigenvalue weighted by molar-refractivity contribution is 5.17. The summed E-state index contributed by atoms with van der Waals surface area (Å²) >= 11 is 0. The van der Waals surface area contributed by atoms with Gasteiger partial charge in [0.1, 0.15) is 0 Å². The van der Waals surface area contributed by atoms with Gasteiger partial charge in [0, 0.05) is 25.7 Å². The lowest BCUT2D eigenvalue weighted by Crippen LogP contribution is -2.44. The van der Waals surface area contributed by atoms with Crippen molar-refractivity contribution in [2.75, 3.05) is 26.2 Å². The summed E-state index contributed by atoms with van der Waals surface area (Å²) in [5, 5.41) is 3.75. The predicted octanol–water partition coefficient (Wildman–Crippen LogP) is 6.24. The van der Waals surface area contributed by atoms with Gasteiger partial charge in [-0.25, -0.2) is 0 Å². The first-order valence-corrected chi connectivity index (χ1v) is 12.2. The Kier molecular flexibility index (Phi) is 9.99. The highest BCUT2D eigenvalue weighted by atomic mass is 15.2. The third kappa shape index (κ3) is 8.11. The standard InChI is InChI=1S/C25H44N2/c1-4-12-23(13-5-1)14-10-11-19-26-20-21-27(25-17-8-3-9-18-25)22-24-15-6-2-7-16-24/h1,4,12,24-26H,2-3,5-11,13-22H2. The van der Waals surface area contributed by atoms with Crippen LogP contribution in [-0.4, -0.2) is 37.1 Å². The van der Waals surface area contributed by atoms with Crippen LogP contribution in [0, 0.1) is 5.92 Å². The summed E-state index contributed by atoms with van der Waals surface area (Å²) in [6.45, 7) is 5.05. The average Bonchev–Trinajstić information content (AvgIpc) is 2.74. The second-order valence-electron chi connectivity index (χ2n) is 9.29. The van der Waals surface area contributed by atoms with Crippen LogP contribution >= 0.6 is 0 Å². The van der Waals surface area contributed by atoms with Gasteiger partial charge in [0.2, 0.25) is 0 Å². The fourth-order valence-electron chi connectivity index (χ4n) is 5.38. The van der Waals surface area contributed by atoms with Gasteiger partial charge in [0.05, 0.1) is 0 Å². The van der Waals surface area contributed by atoms with Crippen molar-refractivity contribution in [3.05, 3.63) is 23.8 Å². The van der Waals surface area contributed by atoms with Gasteiger partial charge >= 0.3 is 0 Å². The third-order valence-electron chi connectivity index (χ3n) is 7.09. The van der Waals surface area contributed by atoms with Crippen molar-refractivity contribution >= 4 is 0 Å². The number of nitrogens with zero attached hydrogens (tertiary/aromatic N) is 1. The van der Waals surface area contributed by atoms with Crippen molar-refractivity contribution in [3.8, 4) is 0 Å². The molecule has 0 aromatic rings. The topological polar surface area (TPSA) is 15.3 Å². The zero-order valence-electron chi connectivity index (χ0n) is 17.8. The Morgan fingerprint density at radius 3 is 2.41 bits per heavy atom. The Balaban J connectivity index is 1.30. The quantitative estimate of drug-likeness (QED) is 0.432. The molecule has 3 aliphatic carbocycles. The Morgan fingerprint density at radius 1 is 0.889 bits per heavy atom. The summed E-state index contributed by atoms with van der Waals surface area (Å²) in [7, 11) is 0. The highest BCUT2D eigenvalue weighted by Crippen LogP contribution is 2.28. The molecule has 27 heavy (non-hydrogen) atoms. The molecule has 0 bridgehead atoms. The van der Waals surface area contributed by atoms with Gasteiger partial charge in [-0.05, 0) is 70.3 Å². The molecule has 0 radical (unpaired) electrons. The maximum atomic E-state index is 3.75. The monoisotopic (exact) mass is 372 g/mol. The lowest BCUT2D eigenvalue weighted by Gasteiger charge is -2.37. The molecule has 154 valence electrons. The minimum atomic E-state index is 0.883. The molecule has 0 aliphatic heterocycles. The van der Waals surface area contributed by atoms with E-state index in [-0.39, 0.29) is 0 Å². The smallest absolute Gasteiger partial charge is 0.0110 e. The van der Waals surface area contributed by atoms with Gasteiger partial charge in [0.25, 0.3) is 0 Å². The van der Waals surface area contributed by atoms with E-state index < -0.39 is 0 Å². The number of hydrogen-bond donors (Lipinski definition) is 1. The molecular formula is C25H44N2. The molecule has 0 spiro atoms. The van der Waals surface area contributed by atoms with Gasteiger partial charge in [-0.3, -0.25) is 4.90 Å². The van der Waals surface area contributed by atoms with Gasteiger partial charge in [0.15, 0.2) is 0 Å². The molecule has 2 nitrogen and oxygen atoms in total. The highest BCUT2D eigenvalue weighted by Gasteiger charge is 2.24. The van der Waals surface area contributed by atoms with E-state index in [1.54, 1.807) is 5.57 Å². The van der Waals surface area contributed by atoms with Crippen molar-refractivity contribution in [2.24, 2.45) is 5.92 Å². The molecule has 0 atom stereocenters. The zero-order valence-corrected chi connectivity index (χ0v) is 17.8. The first-order valence-electron chi connectivity index (χ1n) is 12.2. The lowest BCUT2D eigenvalue weighted by atomic mass is 9.87. The molecule has 2 heteroatoms. The second kappa shape index (κ2) is 12.8. The second-order valence-corrected chi connectivity index (χ2v) is 9.29. The van der Waals surface area contributed by atoms with E-state index in [4.69, 9.17) is 0 Å². The molecule has 2 fully saturated rings. The first-order chi connectivity index (χ1) is 13.4. The van der Waals surface area contributed by atoms with Gasteiger partial charge < -0.3 is 5.32 Å². The molecule has 3 rings (SSSR count). The van der Waals surface area contributed by atoms with Crippen LogP contribution in [-0.2, 0) is 0 Å². The van der Waals surface area contributed by atoms with E-state index in [1.165, 1.54) is 122 Å². The van der Waals surface area contributed by atoms with E-state index in [9.17, 15) is 0 Å². The number of hydrogen-bond acceptors (Lipinski definition) is 2. The van der Waals surface area contributed by atoms with E-state index in [0.29, 0.717) is 0 Å². The van der Waals surface area contributed by atoms with Crippen molar-refractivity contribution in [2.45, 2.75) is 102 Å². The Labute approximate surface area is 168 Å². The summed E-state index contributed by atoms with van der Waals surface area (Å²) in [5.74, 6) is 0.985. The molecule has 3 aliphatic rings. The molecule has 2 saturated carbocycles. The van der Waals surface area contributed by atoms with Crippen LogP contribution in [0.3, 0.4) is 0 Å². The minimum Gasteiger partial charge on any atom is -0.315 e. The third-order valence-corrected chi connectivity index (χ3v) is 7.09. The van der Waals surface area contributed by atoms with Crippen LogP contribution in [0.2, 0.25) is 0 Å². The zero-order chi connectivity index (χ0) is 18.6. The SMILES string of the molecule is C1=CCCC(CCCCNCCN(CC2CCCCC2)C2CCCCC2)=C1. The number of rotatable bonds is 11. The van der Waals surface area contributed by atoms with Gasteiger partial charge in [-0.1, -0.05) is 62.3 Å². The Bertz CT molecular complexity index is 441. The molecule has 0 aromatic carbocycles. The Hall–Kier alpha value is -0.600. The van der Waals surface area contributed by atoms with Crippen LogP contribution in [0.5, 0.6) is 0 Å². The summed E-state index contributed by atoms with van der Waals surface area (Å²) in [6.07, 6.45) is 28.1. The summed E-state index contributed by atoms with van der Waals surface area (Å²) in [4.78, 5) is 2.89. The van der Waals surface area contributed by atoms with E-state index in [1.807, 2.05) is 0 Å². The molecule has 0 aromatic heterocycles. The maximum Gasteiger partial charge on any atom is 0.0110 e. The van der Waals surface area contributed by atoms with Crippen molar-refractivity contribution in [1.29, 1.82) is 0 Å². The van der Waals surface area contributed by atoms with Crippen LogP contribution in [0.1, 0.15) is 96.3 Å². The normalized spacial score (nSPS) is 22.3. The molecule has 0 unspecified atom stereocenters. The Morgan fingerprint density at radius 2 is 1.67 bits per heavy atom. The number of unbranched alkanes of at least 4 members (excludes halogenated alkanes) is 1. The van der Waals surface area contributed by atoms with Crippen molar-refractivity contribution < 1.29 is 0 Å². The van der Waals surface area contributed by atoms with Crippen molar-refractivity contribution in [1.82, 2.24) is 10.2 Å². The van der Waals surface area contributed by atoms with Crippen LogP contribution in [0.25, 0.3) is 0 Å². The predicted molar refractivity (Wildman–Crippen MR) is 118 cm³/mol. The van der Waals surface area contributed by atoms with Crippen molar-refractivity contribution in [3.63, 3.8) is 0 Å². The summed E-state index contributed by atoms with van der Waals surface area (Å²) in [6, 6.07) is 0.883. The van der Waals surface area contributed by atoms with E-state index in [0.717, 1.165) is 12.0 Å². The van der Waals surface area contributed by atoms with Crippen LogP contribution in [0.4, 0.5) is 0 Å². The van der Waals surface area contributed by atoms with Gasteiger partial charge in [-0.15, -0.1) is 0 Å². The average molecular weight is 373 g/mol. The number of nitrogens with one attached hydrogen (secondary N) is 1. The van der Waals surface area contributed by atoms with Gasteiger partial charge in [-0.2, -0.15) is 0 Å².